The van der Waals surface area contributed by atoms with Crippen LogP contribution in [0.2, 0.25) is 5.02 Å². The second-order valence-electron chi connectivity index (χ2n) is 6.74. The zero-order valence-electron chi connectivity index (χ0n) is 15.7. The van der Waals surface area contributed by atoms with Crippen molar-refractivity contribution in [2.75, 3.05) is 0 Å². The first kappa shape index (κ1) is 18.3. The minimum Gasteiger partial charge on any atom is -0.489 e. The van der Waals surface area contributed by atoms with Gasteiger partial charge in [0.1, 0.15) is 23.7 Å². The molecule has 0 N–H and O–H groups in total. The summed E-state index contributed by atoms with van der Waals surface area (Å²) in [7, 11) is 0. The van der Waals surface area contributed by atoms with Crippen LogP contribution in [0.3, 0.4) is 0 Å². The van der Waals surface area contributed by atoms with Crippen LogP contribution in [0.5, 0.6) is 5.75 Å². The van der Waals surface area contributed by atoms with Crippen molar-refractivity contribution in [3.63, 3.8) is 0 Å². The molecule has 4 aromatic rings. The van der Waals surface area contributed by atoms with Gasteiger partial charge in [0.25, 0.3) is 0 Å². The summed E-state index contributed by atoms with van der Waals surface area (Å²) in [6, 6.07) is 20.6. The van der Waals surface area contributed by atoms with E-state index in [4.69, 9.17) is 20.8 Å². The molecule has 0 amide bonds. The van der Waals surface area contributed by atoms with E-state index in [1.807, 2.05) is 30.3 Å². The quantitative estimate of drug-likeness (QED) is 0.410. The lowest BCUT2D eigenvalue weighted by molar-refractivity contribution is 0.305. The number of fused-ring (bicyclic) bond motifs is 1. The van der Waals surface area contributed by atoms with Crippen molar-refractivity contribution in [3.8, 4) is 16.9 Å². The third-order valence-electron chi connectivity index (χ3n) is 4.83. The fourth-order valence-corrected chi connectivity index (χ4v) is 3.39. The van der Waals surface area contributed by atoms with E-state index in [9.17, 15) is 4.79 Å². The molecule has 0 fully saturated rings. The maximum absolute atomic E-state index is 13.0. The summed E-state index contributed by atoms with van der Waals surface area (Å²) in [4.78, 5) is 13.0. The van der Waals surface area contributed by atoms with Crippen LogP contribution in [0.15, 0.2) is 75.9 Å². The van der Waals surface area contributed by atoms with E-state index in [1.165, 1.54) is 5.56 Å². The second-order valence-corrected chi connectivity index (χ2v) is 7.18. The summed E-state index contributed by atoms with van der Waals surface area (Å²) in [5, 5.41) is 1.15. The molecule has 0 bridgehead atoms. The Balaban J connectivity index is 1.69. The SMILES string of the molecule is Cc1ccccc1COc1ccc2c(=O)c(-c3ccc(Cl)cc3)c(C)oc2c1. The molecule has 28 heavy (non-hydrogen) atoms. The Bertz CT molecular complexity index is 1210. The fraction of sp³-hybridized carbons (Fsp3) is 0.125. The minimum atomic E-state index is -0.0634. The molecule has 0 aliphatic rings. The number of rotatable bonds is 4. The highest BCUT2D eigenvalue weighted by atomic mass is 35.5. The lowest BCUT2D eigenvalue weighted by Gasteiger charge is -2.11. The highest BCUT2D eigenvalue weighted by molar-refractivity contribution is 6.30. The van der Waals surface area contributed by atoms with Crippen LogP contribution in [-0.2, 0) is 6.61 Å². The van der Waals surface area contributed by atoms with Crippen LogP contribution in [0.25, 0.3) is 22.1 Å². The molecular formula is C24H19ClO3. The number of aryl methyl sites for hydroxylation is 2. The lowest BCUT2D eigenvalue weighted by Crippen LogP contribution is -2.07. The van der Waals surface area contributed by atoms with Gasteiger partial charge in [-0.15, -0.1) is 0 Å². The molecule has 0 aliphatic carbocycles. The molecule has 0 aliphatic heterocycles. The Kier molecular flexibility index (Phi) is 4.93. The normalized spacial score (nSPS) is 11.0. The summed E-state index contributed by atoms with van der Waals surface area (Å²) < 4.78 is 11.9. The molecule has 140 valence electrons. The second kappa shape index (κ2) is 7.53. The minimum absolute atomic E-state index is 0.0634. The van der Waals surface area contributed by atoms with Crippen molar-refractivity contribution in [2.45, 2.75) is 20.5 Å². The molecule has 0 atom stereocenters. The van der Waals surface area contributed by atoms with Crippen molar-refractivity contribution in [3.05, 3.63) is 98.9 Å². The molecule has 0 saturated carbocycles. The van der Waals surface area contributed by atoms with Crippen LogP contribution >= 0.6 is 11.6 Å². The Morgan fingerprint density at radius 3 is 2.46 bits per heavy atom. The lowest BCUT2D eigenvalue weighted by atomic mass is 10.0. The van der Waals surface area contributed by atoms with Gasteiger partial charge in [0, 0.05) is 11.1 Å². The summed E-state index contributed by atoms with van der Waals surface area (Å²) in [6.45, 7) is 4.32. The summed E-state index contributed by atoms with van der Waals surface area (Å²) >= 11 is 5.96. The summed E-state index contributed by atoms with van der Waals surface area (Å²) in [5.74, 6) is 1.23. The van der Waals surface area contributed by atoms with Crippen LogP contribution in [0.1, 0.15) is 16.9 Å². The molecule has 4 rings (SSSR count). The fourth-order valence-electron chi connectivity index (χ4n) is 3.26. The van der Waals surface area contributed by atoms with Gasteiger partial charge < -0.3 is 9.15 Å². The first-order valence-electron chi connectivity index (χ1n) is 9.03. The molecule has 1 heterocycles. The van der Waals surface area contributed by atoms with Crippen LogP contribution in [0.4, 0.5) is 0 Å². The standard InChI is InChI=1S/C24H19ClO3/c1-15-5-3-4-6-18(15)14-27-20-11-12-21-22(13-20)28-16(2)23(24(21)26)17-7-9-19(25)10-8-17/h3-13H,14H2,1-2H3. The van der Waals surface area contributed by atoms with Crippen molar-refractivity contribution in [1.82, 2.24) is 0 Å². The maximum atomic E-state index is 13.0. The van der Waals surface area contributed by atoms with Crippen LogP contribution in [0, 0.1) is 13.8 Å². The molecule has 0 radical (unpaired) electrons. The van der Waals surface area contributed by atoms with Gasteiger partial charge in [-0.05, 0) is 54.8 Å². The van der Waals surface area contributed by atoms with Gasteiger partial charge in [0.05, 0.1) is 10.9 Å². The number of ether oxygens (including phenoxy) is 1. The van der Waals surface area contributed by atoms with E-state index in [-0.39, 0.29) is 5.43 Å². The average Bonchev–Trinajstić information content (AvgIpc) is 2.68. The Labute approximate surface area is 168 Å². The van der Waals surface area contributed by atoms with E-state index in [0.717, 1.165) is 11.1 Å². The van der Waals surface area contributed by atoms with E-state index in [2.05, 4.69) is 13.0 Å². The van der Waals surface area contributed by atoms with Crippen molar-refractivity contribution < 1.29 is 9.15 Å². The highest BCUT2D eigenvalue weighted by Gasteiger charge is 2.14. The van der Waals surface area contributed by atoms with Crippen molar-refractivity contribution >= 4 is 22.6 Å². The van der Waals surface area contributed by atoms with Gasteiger partial charge in [-0.25, -0.2) is 0 Å². The van der Waals surface area contributed by atoms with E-state index < -0.39 is 0 Å². The molecule has 3 nitrogen and oxygen atoms in total. The van der Waals surface area contributed by atoms with Gasteiger partial charge in [-0.1, -0.05) is 48.0 Å². The Hall–Kier alpha value is -3.04. The Morgan fingerprint density at radius 1 is 0.964 bits per heavy atom. The largest absolute Gasteiger partial charge is 0.489 e. The van der Waals surface area contributed by atoms with Crippen molar-refractivity contribution in [2.24, 2.45) is 0 Å². The monoisotopic (exact) mass is 390 g/mol. The maximum Gasteiger partial charge on any atom is 0.200 e. The van der Waals surface area contributed by atoms with E-state index in [1.54, 1.807) is 37.3 Å². The summed E-state index contributed by atoms with van der Waals surface area (Å²) in [6.07, 6.45) is 0. The predicted octanol–water partition coefficient (Wildman–Crippen LogP) is 6.31. The van der Waals surface area contributed by atoms with Crippen LogP contribution in [-0.4, -0.2) is 0 Å². The van der Waals surface area contributed by atoms with E-state index in [0.29, 0.717) is 39.7 Å². The zero-order valence-corrected chi connectivity index (χ0v) is 16.4. The topological polar surface area (TPSA) is 39.4 Å². The van der Waals surface area contributed by atoms with Gasteiger partial charge in [-0.3, -0.25) is 4.79 Å². The molecule has 3 aromatic carbocycles. The smallest absolute Gasteiger partial charge is 0.200 e. The van der Waals surface area contributed by atoms with Gasteiger partial charge in [0.15, 0.2) is 0 Å². The first-order valence-corrected chi connectivity index (χ1v) is 9.41. The molecule has 1 aromatic heterocycles. The summed E-state index contributed by atoms with van der Waals surface area (Å²) in [5.41, 5.74) is 4.10. The van der Waals surface area contributed by atoms with Gasteiger partial charge in [0.2, 0.25) is 5.43 Å². The average molecular weight is 391 g/mol. The molecule has 0 saturated heterocycles. The molecular weight excluding hydrogens is 372 g/mol. The highest BCUT2D eigenvalue weighted by Crippen LogP contribution is 2.27. The number of hydrogen-bond acceptors (Lipinski definition) is 3. The zero-order chi connectivity index (χ0) is 19.7. The number of halogens is 1. The van der Waals surface area contributed by atoms with Crippen molar-refractivity contribution in [1.29, 1.82) is 0 Å². The third kappa shape index (κ3) is 3.54. The first-order chi connectivity index (χ1) is 13.5. The predicted molar refractivity (Wildman–Crippen MR) is 113 cm³/mol. The Morgan fingerprint density at radius 2 is 1.71 bits per heavy atom. The van der Waals surface area contributed by atoms with E-state index >= 15 is 0 Å². The van der Waals surface area contributed by atoms with Crippen LogP contribution < -0.4 is 10.2 Å². The molecule has 4 heteroatoms. The molecule has 0 unspecified atom stereocenters. The molecule has 0 spiro atoms. The number of hydrogen-bond donors (Lipinski definition) is 0. The van der Waals surface area contributed by atoms with Gasteiger partial charge in [-0.2, -0.15) is 0 Å². The van der Waals surface area contributed by atoms with Gasteiger partial charge >= 0.3 is 0 Å². The number of benzene rings is 3. The third-order valence-corrected chi connectivity index (χ3v) is 5.08.